The zero-order valence-corrected chi connectivity index (χ0v) is 16.3. The van der Waals surface area contributed by atoms with Gasteiger partial charge in [0.15, 0.2) is 0 Å². The van der Waals surface area contributed by atoms with Crippen molar-refractivity contribution in [1.82, 2.24) is 19.9 Å². The Hall–Kier alpha value is -3.58. The highest BCUT2D eigenvalue weighted by Crippen LogP contribution is 2.34. The Labute approximate surface area is 172 Å². The average molecular weight is 402 g/mol. The molecule has 1 unspecified atom stereocenters. The number of hydrogen-bond acceptors (Lipinski definition) is 4. The lowest BCUT2D eigenvalue weighted by Crippen LogP contribution is -2.39. The quantitative estimate of drug-likeness (QED) is 0.420. The van der Waals surface area contributed by atoms with E-state index >= 15 is 0 Å². The number of benzene rings is 2. The maximum atomic E-state index is 12.7. The second kappa shape index (κ2) is 7.35. The maximum Gasteiger partial charge on any atom is 0.331 e. The molecule has 2 aromatic carbocycles. The fourth-order valence-electron chi connectivity index (χ4n) is 4.35. The molecule has 0 saturated carbocycles. The van der Waals surface area contributed by atoms with Gasteiger partial charge in [0.2, 0.25) is 5.88 Å². The minimum Gasteiger partial charge on any atom is -0.494 e. The van der Waals surface area contributed by atoms with E-state index in [1.54, 1.807) is 0 Å². The Morgan fingerprint density at radius 1 is 1.00 bits per heavy atom. The van der Waals surface area contributed by atoms with E-state index in [0.717, 1.165) is 34.1 Å². The molecule has 1 aliphatic rings. The highest BCUT2D eigenvalue weighted by atomic mass is 16.3. The third-order valence-corrected chi connectivity index (χ3v) is 5.82. The van der Waals surface area contributed by atoms with Gasteiger partial charge in [-0.15, -0.1) is 0 Å². The molecular formula is C23H22N4O3. The van der Waals surface area contributed by atoms with Crippen LogP contribution in [0.1, 0.15) is 28.4 Å². The van der Waals surface area contributed by atoms with Crippen molar-refractivity contribution in [2.75, 3.05) is 6.54 Å². The third-order valence-electron chi connectivity index (χ3n) is 5.82. The van der Waals surface area contributed by atoms with Crippen molar-refractivity contribution in [3.8, 4) is 5.88 Å². The summed E-state index contributed by atoms with van der Waals surface area (Å²) in [5.41, 5.74) is 3.01. The van der Waals surface area contributed by atoms with E-state index in [1.807, 2.05) is 48.5 Å². The lowest BCUT2D eigenvalue weighted by atomic mass is 9.95. The van der Waals surface area contributed by atoms with E-state index in [4.69, 9.17) is 0 Å². The fraction of sp³-hybridized carbons (Fsp3) is 0.217. The molecule has 5 rings (SSSR count). The number of hydrogen-bond donors (Lipinski definition) is 4. The molecule has 30 heavy (non-hydrogen) atoms. The molecule has 152 valence electrons. The molecule has 1 aliphatic heterocycles. The van der Waals surface area contributed by atoms with Crippen molar-refractivity contribution >= 4 is 10.9 Å². The second-order valence-electron chi connectivity index (χ2n) is 7.58. The molecule has 7 nitrogen and oxygen atoms in total. The minimum absolute atomic E-state index is 0.162. The number of aromatic nitrogens is 3. The van der Waals surface area contributed by atoms with Gasteiger partial charge in [0.05, 0.1) is 6.04 Å². The van der Waals surface area contributed by atoms with Gasteiger partial charge >= 0.3 is 5.69 Å². The van der Waals surface area contributed by atoms with Crippen molar-refractivity contribution in [3.05, 3.63) is 97.8 Å². The molecule has 2 aromatic heterocycles. The van der Waals surface area contributed by atoms with Gasteiger partial charge in [0, 0.05) is 29.7 Å². The number of aryl methyl sites for hydroxylation is 1. The van der Waals surface area contributed by atoms with Gasteiger partial charge in [-0.05, 0) is 30.0 Å². The number of fused-ring (bicyclic) bond motifs is 3. The second-order valence-corrected chi connectivity index (χ2v) is 7.58. The number of nitrogens with one attached hydrogen (secondary N) is 3. The molecule has 0 amide bonds. The van der Waals surface area contributed by atoms with Gasteiger partial charge in [0.1, 0.15) is 5.56 Å². The standard InChI is InChI=1S/C23H22N4O3/c28-21-18(20-19-16(10-12-24-20)15-8-4-5-9-17(15)25-19)22(29)27(23(30)26-21)13-11-14-6-2-1-3-7-14/h1-9,20,24-25,29H,10-13H2,(H,26,28,30). The molecule has 0 aliphatic carbocycles. The Kier molecular flexibility index (Phi) is 4.52. The predicted molar refractivity (Wildman–Crippen MR) is 115 cm³/mol. The van der Waals surface area contributed by atoms with Crippen LogP contribution in [0.25, 0.3) is 10.9 Å². The summed E-state index contributed by atoms with van der Waals surface area (Å²) in [5.74, 6) is -0.288. The first-order valence-corrected chi connectivity index (χ1v) is 10.1. The van der Waals surface area contributed by atoms with Gasteiger partial charge in [-0.3, -0.25) is 14.3 Å². The number of H-pyrrole nitrogens is 2. The van der Waals surface area contributed by atoms with Crippen LogP contribution < -0.4 is 16.6 Å². The van der Waals surface area contributed by atoms with Gasteiger partial charge in [-0.25, -0.2) is 4.79 Å². The van der Waals surface area contributed by atoms with Crippen LogP contribution >= 0.6 is 0 Å². The number of rotatable bonds is 4. The van der Waals surface area contributed by atoms with Crippen LogP contribution in [0.4, 0.5) is 0 Å². The van der Waals surface area contributed by atoms with Crippen LogP contribution in [-0.4, -0.2) is 26.2 Å². The number of aromatic amines is 2. The number of para-hydroxylation sites is 1. The van der Waals surface area contributed by atoms with Crippen molar-refractivity contribution in [2.45, 2.75) is 25.4 Å². The van der Waals surface area contributed by atoms with Gasteiger partial charge < -0.3 is 15.4 Å². The van der Waals surface area contributed by atoms with Gasteiger partial charge in [0.25, 0.3) is 5.56 Å². The predicted octanol–water partition coefficient (Wildman–Crippen LogP) is 2.20. The number of aromatic hydroxyl groups is 1. The molecule has 0 radical (unpaired) electrons. The molecule has 0 saturated heterocycles. The van der Waals surface area contributed by atoms with E-state index in [1.165, 1.54) is 4.57 Å². The van der Waals surface area contributed by atoms with Crippen LogP contribution in [0.3, 0.4) is 0 Å². The number of nitrogens with zero attached hydrogens (tertiary/aromatic N) is 1. The zero-order valence-electron chi connectivity index (χ0n) is 16.3. The molecule has 0 fully saturated rings. The van der Waals surface area contributed by atoms with E-state index in [0.29, 0.717) is 13.0 Å². The minimum atomic E-state index is -0.607. The molecule has 4 N–H and O–H groups in total. The van der Waals surface area contributed by atoms with E-state index in [-0.39, 0.29) is 18.0 Å². The van der Waals surface area contributed by atoms with Crippen molar-refractivity contribution in [2.24, 2.45) is 0 Å². The Balaban J connectivity index is 1.59. The topological polar surface area (TPSA) is 103 Å². The summed E-state index contributed by atoms with van der Waals surface area (Å²) < 4.78 is 1.24. The van der Waals surface area contributed by atoms with Crippen molar-refractivity contribution in [1.29, 1.82) is 0 Å². The molecule has 3 heterocycles. The van der Waals surface area contributed by atoms with Crippen molar-refractivity contribution in [3.63, 3.8) is 0 Å². The third kappa shape index (κ3) is 3.04. The first-order chi connectivity index (χ1) is 14.6. The van der Waals surface area contributed by atoms with Crippen LogP contribution in [-0.2, 0) is 19.4 Å². The summed E-state index contributed by atoms with van der Waals surface area (Å²) in [6, 6.07) is 17.2. The average Bonchev–Trinajstić information content (AvgIpc) is 3.14. The molecule has 7 heteroatoms. The van der Waals surface area contributed by atoms with Crippen LogP contribution in [0.2, 0.25) is 0 Å². The molecule has 0 bridgehead atoms. The first kappa shape index (κ1) is 18.4. The summed E-state index contributed by atoms with van der Waals surface area (Å²) in [7, 11) is 0. The van der Waals surface area contributed by atoms with E-state index in [9.17, 15) is 14.7 Å². The van der Waals surface area contributed by atoms with Crippen LogP contribution in [0.15, 0.2) is 64.2 Å². The maximum absolute atomic E-state index is 12.7. The van der Waals surface area contributed by atoms with E-state index in [2.05, 4.69) is 21.4 Å². The Morgan fingerprint density at radius 2 is 1.77 bits per heavy atom. The van der Waals surface area contributed by atoms with Gasteiger partial charge in [-0.2, -0.15) is 0 Å². The highest BCUT2D eigenvalue weighted by molar-refractivity contribution is 5.85. The van der Waals surface area contributed by atoms with E-state index < -0.39 is 17.3 Å². The first-order valence-electron chi connectivity index (χ1n) is 10.1. The summed E-state index contributed by atoms with van der Waals surface area (Å²) >= 11 is 0. The molecule has 0 spiro atoms. The normalized spacial score (nSPS) is 15.9. The summed E-state index contributed by atoms with van der Waals surface area (Å²) in [4.78, 5) is 30.9. The SMILES string of the molecule is O=c1[nH]c(=O)n(CCc2ccccc2)c(O)c1C1NCCc2c1[nH]c1ccccc21. The lowest BCUT2D eigenvalue weighted by Gasteiger charge is -2.25. The zero-order chi connectivity index (χ0) is 20.7. The van der Waals surface area contributed by atoms with Crippen LogP contribution in [0.5, 0.6) is 5.88 Å². The smallest absolute Gasteiger partial charge is 0.331 e. The molecule has 1 atom stereocenters. The summed E-state index contributed by atoms with van der Waals surface area (Å²) in [6.07, 6.45) is 1.39. The van der Waals surface area contributed by atoms with Crippen molar-refractivity contribution < 1.29 is 5.11 Å². The highest BCUT2D eigenvalue weighted by Gasteiger charge is 2.30. The summed E-state index contributed by atoms with van der Waals surface area (Å²) in [6.45, 7) is 0.937. The van der Waals surface area contributed by atoms with Crippen LogP contribution in [0, 0.1) is 0 Å². The molecular weight excluding hydrogens is 380 g/mol. The molecule has 4 aromatic rings. The van der Waals surface area contributed by atoms with Gasteiger partial charge in [-0.1, -0.05) is 48.5 Å². The Morgan fingerprint density at radius 3 is 2.60 bits per heavy atom. The largest absolute Gasteiger partial charge is 0.494 e. The Bertz CT molecular complexity index is 1330. The fourth-order valence-corrected chi connectivity index (χ4v) is 4.35. The monoisotopic (exact) mass is 402 g/mol. The summed E-state index contributed by atoms with van der Waals surface area (Å²) in [5, 5.41) is 15.4. The lowest BCUT2D eigenvalue weighted by molar-refractivity contribution is 0.382.